The number of aryl methyl sites for hydroxylation is 3. The van der Waals surface area contributed by atoms with Gasteiger partial charge in [0.05, 0.1) is 46.0 Å². The summed E-state index contributed by atoms with van der Waals surface area (Å²) in [6.45, 7) is 0. The highest BCUT2D eigenvalue weighted by Gasteiger charge is 2.54. The lowest BCUT2D eigenvalue weighted by atomic mass is 9.98. The third kappa shape index (κ3) is 12.9. The first kappa shape index (κ1) is 44.8. The van der Waals surface area contributed by atoms with E-state index in [0.29, 0.717) is 29.5 Å². The molecule has 0 radical (unpaired) electrons. The van der Waals surface area contributed by atoms with Crippen LogP contribution in [0.3, 0.4) is 0 Å². The highest BCUT2D eigenvalue weighted by atomic mass is 79.9. The number of carbonyl (C=O) groups is 4. The summed E-state index contributed by atoms with van der Waals surface area (Å²) in [5.74, 6) is -2.13. The molecule has 0 bridgehead atoms. The van der Waals surface area contributed by atoms with Crippen molar-refractivity contribution in [2.24, 2.45) is 21.1 Å². The van der Waals surface area contributed by atoms with Gasteiger partial charge in [0.1, 0.15) is 0 Å². The van der Waals surface area contributed by atoms with Crippen molar-refractivity contribution in [1.82, 2.24) is 18.7 Å². The van der Waals surface area contributed by atoms with Crippen LogP contribution in [0.25, 0.3) is 0 Å². The van der Waals surface area contributed by atoms with Gasteiger partial charge in [-0.25, -0.2) is 0 Å². The molecule has 1 aliphatic carbocycles. The molecule has 0 unspecified atom stereocenters. The van der Waals surface area contributed by atoms with Crippen LogP contribution in [-0.2, 0) is 79.2 Å². The van der Waals surface area contributed by atoms with Crippen LogP contribution < -0.4 is 22.2 Å². The van der Waals surface area contributed by atoms with Gasteiger partial charge >= 0.3 is 23.9 Å². The number of H-pyrrole nitrogens is 1. The van der Waals surface area contributed by atoms with Crippen molar-refractivity contribution in [1.29, 1.82) is 0 Å². The number of nitrogens with zero attached hydrogens (tertiary/aromatic N) is 3. The van der Waals surface area contributed by atoms with Gasteiger partial charge in [-0.2, -0.15) is 0 Å². The number of carboxylic acid groups (broad SMARTS) is 1. The lowest BCUT2D eigenvalue weighted by Gasteiger charge is -2.13. The fourth-order valence-corrected chi connectivity index (χ4v) is 5.90. The number of methoxy groups -OCH3 is 3. The molecule has 16 nitrogen and oxygen atoms in total. The molecule has 0 atom stereocenters. The Morgan fingerprint density at radius 1 is 0.722 bits per heavy atom. The van der Waals surface area contributed by atoms with E-state index in [2.05, 4.69) is 46.3 Å². The Hall–Kier alpha value is -5.36. The van der Waals surface area contributed by atoms with Crippen LogP contribution in [-0.4, -0.2) is 69.0 Å². The number of aromatic amines is 1. The zero-order chi connectivity index (χ0) is 40.7. The minimum absolute atomic E-state index is 0.00259. The highest BCUT2D eigenvalue weighted by Crippen LogP contribution is 2.48. The Balaban J connectivity index is 0.000000251. The van der Waals surface area contributed by atoms with Gasteiger partial charge in [-0.1, -0.05) is 12.1 Å². The number of carbonyl (C=O) groups excluding carboxylic acids is 3. The van der Waals surface area contributed by atoms with Crippen LogP contribution in [0.2, 0.25) is 0 Å². The number of hydrogen-bond acceptors (Lipinski definition) is 11. The lowest BCUT2D eigenvalue weighted by molar-refractivity contribution is -0.144. The monoisotopic (exact) mass is 878 g/mol. The van der Waals surface area contributed by atoms with Gasteiger partial charge in [0.15, 0.2) is 0 Å². The Labute approximate surface area is 325 Å². The minimum Gasteiger partial charge on any atom is -0.481 e. The number of halogens is 2. The van der Waals surface area contributed by atoms with Crippen LogP contribution in [0, 0.1) is 0 Å². The Morgan fingerprint density at radius 3 is 1.76 bits per heavy atom. The Morgan fingerprint density at radius 2 is 1.24 bits per heavy atom. The van der Waals surface area contributed by atoms with E-state index in [4.69, 9.17) is 9.84 Å². The predicted octanol–water partition coefficient (Wildman–Crippen LogP) is 2.32. The molecule has 1 aliphatic rings. The van der Waals surface area contributed by atoms with Gasteiger partial charge < -0.3 is 38.0 Å². The van der Waals surface area contributed by atoms with E-state index < -0.39 is 23.3 Å². The van der Waals surface area contributed by atoms with Crippen LogP contribution in [0.15, 0.2) is 89.3 Å². The third-order valence-electron chi connectivity index (χ3n) is 7.78. The van der Waals surface area contributed by atoms with E-state index in [1.54, 1.807) is 70.1 Å². The molecule has 0 aliphatic heterocycles. The second-order valence-electron chi connectivity index (χ2n) is 11.7. The maximum Gasteiger partial charge on any atom is 0.316 e. The molecular weight excluding hydrogens is 840 g/mol. The van der Waals surface area contributed by atoms with E-state index in [9.17, 15) is 38.4 Å². The SMILES string of the molecule is COC(=O)C1(c2cc(Br)cn(C)c2=O)CC1.COC(=O)Cc1cc(Br)cn(C)c1=O.COC(=O)Cc1cccn(C)c1=O.O=C(O)Cc1ccc[nH]c1=O. The third-order valence-corrected chi connectivity index (χ3v) is 8.65. The van der Waals surface area contributed by atoms with Gasteiger partial charge in [-0.05, 0) is 69.0 Å². The summed E-state index contributed by atoms with van der Waals surface area (Å²) in [7, 11) is 8.90. The van der Waals surface area contributed by atoms with Gasteiger partial charge in [-0.3, -0.25) is 38.4 Å². The number of rotatable bonds is 8. The molecule has 4 heterocycles. The second kappa shape index (κ2) is 20.8. The average molecular weight is 881 g/mol. The normalized spacial score (nSPS) is 11.9. The smallest absolute Gasteiger partial charge is 0.316 e. The maximum absolute atomic E-state index is 12.0. The first-order valence-electron chi connectivity index (χ1n) is 15.9. The molecule has 1 fully saturated rings. The average Bonchev–Trinajstić information content (AvgIpc) is 3.94. The Bertz CT molecular complexity index is 2220. The topological polar surface area (TPSA) is 215 Å². The van der Waals surface area contributed by atoms with Crippen LogP contribution >= 0.6 is 31.9 Å². The molecule has 18 heteroatoms. The van der Waals surface area contributed by atoms with E-state index in [-0.39, 0.29) is 53.0 Å². The summed E-state index contributed by atoms with van der Waals surface area (Å²) < 4.78 is 19.6. The lowest BCUT2D eigenvalue weighted by Crippen LogP contribution is -2.32. The Kier molecular flexibility index (Phi) is 17.2. The van der Waals surface area contributed by atoms with Crippen LogP contribution in [0.5, 0.6) is 0 Å². The molecule has 0 aromatic carbocycles. The van der Waals surface area contributed by atoms with Gasteiger partial charge in [0, 0.05) is 77.1 Å². The summed E-state index contributed by atoms with van der Waals surface area (Å²) >= 11 is 6.57. The number of esters is 3. The quantitative estimate of drug-likeness (QED) is 0.193. The van der Waals surface area contributed by atoms with Crippen molar-refractivity contribution >= 4 is 55.7 Å². The second-order valence-corrected chi connectivity index (χ2v) is 13.5. The molecule has 4 aromatic rings. The zero-order valence-electron chi connectivity index (χ0n) is 30.3. The van der Waals surface area contributed by atoms with E-state index >= 15 is 0 Å². The molecule has 2 N–H and O–H groups in total. The predicted molar refractivity (Wildman–Crippen MR) is 203 cm³/mol. The van der Waals surface area contributed by atoms with Crippen molar-refractivity contribution in [3.05, 3.63) is 134 Å². The highest BCUT2D eigenvalue weighted by molar-refractivity contribution is 9.10. The molecule has 0 amide bonds. The largest absolute Gasteiger partial charge is 0.481 e. The standard InChI is InChI=1S/C11H12BrNO3.C9H10BrNO3.C9H11NO3.C7H7NO3/c1-13-6-7(12)5-8(9(13)14)11(3-4-11)10(15)16-2;1-11-5-7(10)3-6(9(11)13)4-8(12)14-2;1-10-5-3-4-7(9(10)12)6-8(11)13-2;9-6(10)4-5-2-1-3-8-7(5)11/h5-6H,3-4H2,1-2H3;3,5H,4H2,1-2H3;3-5H,6H2,1-2H3;1-3H,4H2,(H,8,11)(H,9,10). The molecule has 290 valence electrons. The minimum atomic E-state index is -0.998. The first-order chi connectivity index (χ1) is 25.4. The maximum atomic E-state index is 12.0. The van der Waals surface area contributed by atoms with Crippen molar-refractivity contribution in [2.45, 2.75) is 37.5 Å². The number of aliphatic carboxylic acids is 1. The van der Waals surface area contributed by atoms with Crippen molar-refractivity contribution in [2.75, 3.05) is 21.3 Å². The number of pyridine rings is 4. The number of ether oxygens (including phenoxy) is 3. The van der Waals surface area contributed by atoms with Crippen molar-refractivity contribution < 1.29 is 38.5 Å². The number of nitrogens with one attached hydrogen (secondary N) is 1. The number of aromatic nitrogens is 4. The fraction of sp³-hybridized carbons (Fsp3) is 0.333. The fourth-order valence-electron chi connectivity index (χ4n) is 4.78. The van der Waals surface area contributed by atoms with Gasteiger partial charge in [0.2, 0.25) is 0 Å². The van der Waals surface area contributed by atoms with Gasteiger partial charge in [0.25, 0.3) is 22.2 Å². The van der Waals surface area contributed by atoms with E-state index in [1.807, 2.05) is 0 Å². The summed E-state index contributed by atoms with van der Waals surface area (Å²) in [5, 5.41) is 8.34. The summed E-state index contributed by atoms with van der Waals surface area (Å²) in [6, 6.07) is 9.77. The summed E-state index contributed by atoms with van der Waals surface area (Å²) in [6.07, 6.45) is 7.61. The number of hydrogen-bond donors (Lipinski definition) is 2. The van der Waals surface area contributed by atoms with E-state index in [1.165, 1.54) is 47.3 Å². The molecule has 5 rings (SSSR count). The molecule has 1 saturated carbocycles. The molecule has 0 spiro atoms. The molecule has 54 heavy (non-hydrogen) atoms. The zero-order valence-corrected chi connectivity index (χ0v) is 33.5. The molecule has 4 aromatic heterocycles. The van der Waals surface area contributed by atoms with Gasteiger partial charge in [-0.15, -0.1) is 0 Å². The van der Waals surface area contributed by atoms with Crippen LogP contribution in [0.4, 0.5) is 0 Å². The first-order valence-corrected chi connectivity index (χ1v) is 17.5. The molecular formula is C36H40Br2N4O12. The van der Waals surface area contributed by atoms with E-state index in [0.717, 1.165) is 8.95 Å². The van der Waals surface area contributed by atoms with Crippen molar-refractivity contribution in [3.8, 4) is 0 Å². The van der Waals surface area contributed by atoms with Crippen molar-refractivity contribution in [3.63, 3.8) is 0 Å². The number of carboxylic acids is 1. The van der Waals surface area contributed by atoms with Crippen LogP contribution in [0.1, 0.15) is 35.1 Å². The summed E-state index contributed by atoms with van der Waals surface area (Å²) in [5.41, 5.74) is 0.169. The summed E-state index contributed by atoms with van der Waals surface area (Å²) in [4.78, 5) is 91.8. The molecule has 0 saturated heterocycles.